The first-order valence-corrected chi connectivity index (χ1v) is 9.51. The smallest absolute Gasteiger partial charge is 0.119 e. The highest BCUT2D eigenvalue weighted by atomic mass is 16.5. The number of hydrogen-bond donors (Lipinski definition) is 0. The number of rotatable bonds is 6. The van der Waals surface area contributed by atoms with Crippen LogP contribution in [0.25, 0.3) is 0 Å². The summed E-state index contributed by atoms with van der Waals surface area (Å²) in [5.41, 5.74) is 4.46. The monoisotopic (exact) mass is 384 g/mol. The first-order valence-electron chi connectivity index (χ1n) is 9.51. The van der Waals surface area contributed by atoms with Crippen molar-refractivity contribution in [2.24, 2.45) is 0 Å². The Hall–Kier alpha value is -3.76. The number of nitriles is 2. The fraction of sp³-hybridized carbons (Fsp3) is 0.200. The lowest BCUT2D eigenvalue weighted by atomic mass is 10.1. The van der Waals surface area contributed by atoms with Gasteiger partial charge in [0.1, 0.15) is 24.7 Å². The largest absolute Gasteiger partial charge is 0.489 e. The van der Waals surface area contributed by atoms with Crippen LogP contribution in [0.4, 0.5) is 0 Å². The van der Waals surface area contributed by atoms with Crippen molar-refractivity contribution in [1.82, 2.24) is 0 Å². The molecule has 0 heterocycles. The zero-order valence-electron chi connectivity index (χ0n) is 17.0. The van der Waals surface area contributed by atoms with Gasteiger partial charge in [-0.1, -0.05) is 31.5 Å². The molecule has 0 saturated carbocycles. The predicted molar refractivity (Wildman–Crippen MR) is 114 cm³/mol. The van der Waals surface area contributed by atoms with E-state index in [4.69, 9.17) is 20.0 Å². The van der Waals surface area contributed by atoms with E-state index in [1.807, 2.05) is 20.8 Å². The van der Waals surface area contributed by atoms with Crippen LogP contribution in [0.5, 0.6) is 11.5 Å². The van der Waals surface area contributed by atoms with Gasteiger partial charge in [-0.3, -0.25) is 0 Å². The minimum absolute atomic E-state index is 0.442. The lowest BCUT2D eigenvalue weighted by molar-refractivity contribution is 0.299. The van der Waals surface area contributed by atoms with E-state index >= 15 is 0 Å². The number of nitrogens with zero attached hydrogens (tertiary/aromatic N) is 2. The van der Waals surface area contributed by atoms with Gasteiger partial charge in [-0.05, 0) is 72.6 Å². The molecule has 0 aromatic heterocycles. The van der Waals surface area contributed by atoms with E-state index in [1.165, 1.54) is 0 Å². The zero-order valence-corrected chi connectivity index (χ0v) is 17.0. The van der Waals surface area contributed by atoms with E-state index in [9.17, 15) is 0 Å². The summed E-state index contributed by atoms with van der Waals surface area (Å²) < 4.78 is 11.6. The average molecular weight is 384 g/mol. The van der Waals surface area contributed by atoms with Gasteiger partial charge in [-0.25, -0.2) is 0 Å². The Labute approximate surface area is 172 Å². The maximum absolute atomic E-state index is 8.84. The zero-order chi connectivity index (χ0) is 21.1. The van der Waals surface area contributed by atoms with E-state index < -0.39 is 0 Å². The lowest BCUT2D eigenvalue weighted by Gasteiger charge is -2.11. The minimum atomic E-state index is 0.442. The van der Waals surface area contributed by atoms with Crippen molar-refractivity contribution in [3.05, 3.63) is 94.5 Å². The molecular weight excluding hydrogens is 360 g/mol. The fourth-order valence-corrected chi connectivity index (χ4v) is 2.70. The molecule has 0 atom stereocenters. The summed E-state index contributed by atoms with van der Waals surface area (Å²) in [6, 6.07) is 24.5. The van der Waals surface area contributed by atoms with Crippen molar-refractivity contribution in [1.29, 1.82) is 10.5 Å². The Morgan fingerprint density at radius 1 is 0.655 bits per heavy atom. The van der Waals surface area contributed by atoms with Gasteiger partial charge in [-0.15, -0.1) is 0 Å². The maximum Gasteiger partial charge on any atom is 0.119 e. The molecule has 0 spiro atoms. The van der Waals surface area contributed by atoms with Gasteiger partial charge in [0.15, 0.2) is 0 Å². The molecule has 4 nitrogen and oxygen atoms in total. The molecule has 3 rings (SSSR count). The van der Waals surface area contributed by atoms with E-state index in [1.54, 1.807) is 48.5 Å². The molecule has 0 fully saturated rings. The molecule has 0 aliphatic carbocycles. The highest BCUT2D eigenvalue weighted by molar-refractivity contribution is 5.36. The van der Waals surface area contributed by atoms with Crippen LogP contribution in [0.3, 0.4) is 0 Å². The number of hydrogen-bond acceptors (Lipinski definition) is 4. The van der Waals surface area contributed by atoms with Crippen LogP contribution in [0.2, 0.25) is 0 Å². The topological polar surface area (TPSA) is 66.0 Å². The first-order chi connectivity index (χ1) is 14.2. The molecule has 0 unspecified atom stereocenters. The second-order valence-electron chi connectivity index (χ2n) is 6.18. The standard InChI is InChI=1S/C23H18N2O2.C2H6/c1-17-10-20(15-26-22-6-2-18(13-24)3-7-22)12-21(11-17)16-27-23-8-4-19(14-25)5-9-23;1-2/h2-12H,15-16H2,1H3;1-2H3. The minimum Gasteiger partial charge on any atom is -0.489 e. The van der Waals surface area contributed by atoms with Gasteiger partial charge in [0.25, 0.3) is 0 Å². The molecule has 0 N–H and O–H groups in total. The van der Waals surface area contributed by atoms with Crippen LogP contribution in [-0.4, -0.2) is 0 Å². The maximum atomic E-state index is 8.84. The SMILES string of the molecule is CC.Cc1cc(COc2ccc(C#N)cc2)cc(COc2ccc(C#N)cc2)c1. The summed E-state index contributed by atoms with van der Waals surface area (Å²) in [7, 11) is 0. The van der Waals surface area contributed by atoms with Crippen LogP contribution in [0.15, 0.2) is 66.7 Å². The summed E-state index contributed by atoms with van der Waals surface area (Å²) in [6.07, 6.45) is 0. The third kappa shape index (κ3) is 6.72. The normalized spacial score (nSPS) is 9.41. The highest BCUT2D eigenvalue weighted by Gasteiger charge is 2.03. The van der Waals surface area contributed by atoms with E-state index in [0.29, 0.717) is 24.3 Å². The van der Waals surface area contributed by atoms with Crippen LogP contribution in [0.1, 0.15) is 41.7 Å². The van der Waals surface area contributed by atoms with Gasteiger partial charge >= 0.3 is 0 Å². The van der Waals surface area contributed by atoms with Crippen LogP contribution in [0, 0.1) is 29.6 Å². The Balaban J connectivity index is 0.00000145. The number of benzene rings is 3. The Morgan fingerprint density at radius 3 is 1.38 bits per heavy atom. The molecule has 4 heteroatoms. The van der Waals surface area contributed by atoms with E-state index in [-0.39, 0.29) is 0 Å². The first kappa shape index (κ1) is 21.5. The number of ether oxygens (including phenoxy) is 2. The molecule has 0 radical (unpaired) electrons. The predicted octanol–water partition coefficient (Wildman–Crippen LogP) is 5.92. The van der Waals surface area contributed by atoms with Crippen LogP contribution in [-0.2, 0) is 13.2 Å². The molecule has 146 valence electrons. The van der Waals surface area contributed by atoms with Gasteiger partial charge in [0.05, 0.1) is 23.3 Å². The molecule has 0 aliphatic heterocycles. The molecular formula is C25H24N2O2. The average Bonchev–Trinajstić information content (AvgIpc) is 2.78. The second kappa shape index (κ2) is 11.2. The summed E-state index contributed by atoms with van der Waals surface area (Å²) >= 11 is 0. The van der Waals surface area contributed by atoms with E-state index in [0.717, 1.165) is 28.2 Å². The Bertz CT molecular complexity index is 915. The van der Waals surface area contributed by atoms with Gasteiger partial charge in [0, 0.05) is 0 Å². The van der Waals surface area contributed by atoms with Crippen molar-refractivity contribution in [3.8, 4) is 23.6 Å². The van der Waals surface area contributed by atoms with Crippen molar-refractivity contribution in [2.45, 2.75) is 34.0 Å². The Morgan fingerprint density at radius 2 is 1.03 bits per heavy atom. The molecule has 0 saturated heterocycles. The summed E-state index contributed by atoms with van der Waals surface area (Å²) in [5.74, 6) is 1.46. The molecule has 0 aliphatic rings. The van der Waals surface area contributed by atoms with Crippen molar-refractivity contribution >= 4 is 0 Å². The quantitative estimate of drug-likeness (QED) is 0.529. The molecule has 3 aromatic rings. The summed E-state index contributed by atoms with van der Waals surface area (Å²) in [4.78, 5) is 0. The molecule has 0 bridgehead atoms. The van der Waals surface area contributed by atoms with Crippen molar-refractivity contribution in [3.63, 3.8) is 0 Å². The fourth-order valence-electron chi connectivity index (χ4n) is 2.70. The second-order valence-corrected chi connectivity index (χ2v) is 6.18. The molecule has 3 aromatic carbocycles. The Kier molecular flexibility index (Phi) is 8.29. The van der Waals surface area contributed by atoms with Crippen molar-refractivity contribution < 1.29 is 9.47 Å². The van der Waals surface area contributed by atoms with Crippen molar-refractivity contribution in [2.75, 3.05) is 0 Å². The van der Waals surface area contributed by atoms with Gasteiger partial charge in [-0.2, -0.15) is 10.5 Å². The van der Waals surface area contributed by atoms with Crippen LogP contribution < -0.4 is 9.47 Å². The van der Waals surface area contributed by atoms with Gasteiger partial charge in [0.2, 0.25) is 0 Å². The summed E-state index contributed by atoms with van der Waals surface area (Å²) in [5, 5.41) is 17.7. The number of aryl methyl sites for hydroxylation is 1. The molecule has 29 heavy (non-hydrogen) atoms. The highest BCUT2D eigenvalue weighted by Crippen LogP contribution is 2.18. The van der Waals surface area contributed by atoms with Gasteiger partial charge < -0.3 is 9.47 Å². The third-order valence-corrected chi connectivity index (χ3v) is 3.97. The summed E-state index contributed by atoms with van der Waals surface area (Å²) in [6.45, 7) is 6.92. The van der Waals surface area contributed by atoms with Crippen LogP contribution >= 0.6 is 0 Å². The third-order valence-electron chi connectivity index (χ3n) is 3.97. The lowest BCUT2D eigenvalue weighted by Crippen LogP contribution is -2.00. The van der Waals surface area contributed by atoms with E-state index in [2.05, 4.69) is 30.3 Å². The molecule has 0 amide bonds.